The first-order valence-corrected chi connectivity index (χ1v) is 7.12. The Bertz CT molecular complexity index is 443. The van der Waals surface area contributed by atoms with Crippen LogP contribution >= 0.6 is 0 Å². The van der Waals surface area contributed by atoms with E-state index in [9.17, 15) is 5.11 Å². The van der Waals surface area contributed by atoms with E-state index < -0.39 is 0 Å². The van der Waals surface area contributed by atoms with Gasteiger partial charge in [0, 0.05) is 6.61 Å². The van der Waals surface area contributed by atoms with Crippen LogP contribution in [0.25, 0.3) is 0 Å². The van der Waals surface area contributed by atoms with E-state index in [0.29, 0.717) is 11.7 Å². The zero-order valence-electron chi connectivity index (χ0n) is 12.7. The average Bonchev–Trinajstić information content (AvgIpc) is 2.25. The monoisotopic (exact) mass is 262 g/mol. The zero-order valence-corrected chi connectivity index (χ0v) is 12.7. The summed E-state index contributed by atoms with van der Waals surface area (Å²) in [6.45, 7) is 12.3. The number of phenolic OH excluding ortho intramolecular Hbond substituents is 1. The molecule has 1 aliphatic heterocycles. The topological polar surface area (TPSA) is 29.5 Å². The first kappa shape index (κ1) is 14.4. The van der Waals surface area contributed by atoms with Crippen molar-refractivity contribution in [2.45, 2.75) is 47.1 Å². The molecule has 1 aliphatic rings. The number of hydrogen-bond donors (Lipinski definition) is 1. The molecule has 0 aromatic heterocycles. The van der Waals surface area contributed by atoms with Gasteiger partial charge in [-0.15, -0.1) is 0 Å². The molecule has 0 spiro atoms. The second kappa shape index (κ2) is 4.82. The smallest absolute Gasteiger partial charge is 0.115 e. The largest absolute Gasteiger partial charge is 0.508 e. The van der Waals surface area contributed by atoms with Crippen LogP contribution in [0.3, 0.4) is 0 Å². The highest BCUT2D eigenvalue weighted by Gasteiger charge is 2.46. The van der Waals surface area contributed by atoms with Gasteiger partial charge in [-0.1, -0.05) is 46.8 Å². The van der Waals surface area contributed by atoms with E-state index in [-0.39, 0.29) is 16.9 Å². The predicted molar refractivity (Wildman–Crippen MR) is 78.1 cm³/mol. The third-order valence-corrected chi connectivity index (χ3v) is 4.32. The molecule has 1 saturated heterocycles. The minimum Gasteiger partial charge on any atom is -0.508 e. The van der Waals surface area contributed by atoms with Gasteiger partial charge >= 0.3 is 0 Å². The Morgan fingerprint density at radius 1 is 1.26 bits per heavy atom. The van der Waals surface area contributed by atoms with Gasteiger partial charge in [-0.05, 0) is 40.9 Å². The van der Waals surface area contributed by atoms with E-state index in [4.69, 9.17) is 4.74 Å². The Labute approximate surface area is 116 Å². The van der Waals surface area contributed by atoms with Crippen LogP contribution in [0.1, 0.15) is 52.7 Å². The summed E-state index contributed by atoms with van der Waals surface area (Å²) in [6, 6.07) is 7.51. The van der Waals surface area contributed by atoms with Crippen LogP contribution in [0.15, 0.2) is 24.3 Å². The van der Waals surface area contributed by atoms with Crippen LogP contribution in [0.4, 0.5) is 0 Å². The highest BCUT2D eigenvalue weighted by Crippen LogP contribution is 2.53. The van der Waals surface area contributed by atoms with Crippen molar-refractivity contribution in [3.05, 3.63) is 29.8 Å². The molecule has 2 heteroatoms. The first-order chi connectivity index (χ1) is 8.72. The molecule has 19 heavy (non-hydrogen) atoms. The third-order valence-electron chi connectivity index (χ3n) is 4.32. The summed E-state index contributed by atoms with van der Waals surface area (Å²) in [4.78, 5) is 0. The van der Waals surface area contributed by atoms with Gasteiger partial charge in [-0.25, -0.2) is 0 Å². The van der Waals surface area contributed by atoms with Gasteiger partial charge in [-0.3, -0.25) is 0 Å². The number of hydrogen-bond acceptors (Lipinski definition) is 2. The molecule has 0 bridgehead atoms. The van der Waals surface area contributed by atoms with Crippen LogP contribution in [0, 0.1) is 16.7 Å². The zero-order chi connectivity index (χ0) is 14.3. The van der Waals surface area contributed by atoms with Crippen molar-refractivity contribution >= 4 is 0 Å². The van der Waals surface area contributed by atoms with E-state index >= 15 is 0 Å². The Morgan fingerprint density at radius 3 is 2.53 bits per heavy atom. The molecule has 2 unspecified atom stereocenters. The number of phenols is 1. The number of ether oxygens (including phenoxy) is 1. The summed E-state index contributed by atoms with van der Waals surface area (Å²) in [5.41, 5.74) is 1.50. The molecular formula is C17H26O2. The molecule has 2 atom stereocenters. The lowest BCUT2D eigenvalue weighted by Crippen LogP contribution is -2.44. The predicted octanol–water partition coefficient (Wildman–Crippen LogP) is 4.54. The van der Waals surface area contributed by atoms with Gasteiger partial charge in [-0.2, -0.15) is 0 Å². The molecule has 1 N–H and O–H groups in total. The summed E-state index contributed by atoms with van der Waals surface area (Å²) in [7, 11) is 0. The van der Waals surface area contributed by atoms with Gasteiger partial charge < -0.3 is 9.84 Å². The SMILES string of the molecule is CC(C)(C)C1C(c2cccc(O)c2)OCCC1(C)C. The molecule has 0 aliphatic carbocycles. The fourth-order valence-electron chi connectivity index (χ4n) is 3.73. The maximum Gasteiger partial charge on any atom is 0.115 e. The second-order valence-electron chi connectivity index (χ2n) is 7.47. The molecule has 1 heterocycles. The summed E-state index contributed by atoms with van der Waals surface area (Å²) >= 11 is 0. The van der Waals surface area contributed by atoms with Crippen molar-refractivity contribution in [2.75, 3.05) is 6.61 Å². The van der Waals surface area contributed by atoms with Gasteiger partial charge in [0.25, 0.3) is 0 Å². The molecule has 0 amide bonds. The Morgan fingerprint density at radius 2 is 1.95 bits per heavy atom. The Balaban J connectivity index is 2.42. The summed E-state index contributed by atoms with van der Waals surface area (Å²) < 4.78 is 6.08. The maximum atomic E-state index is 9.71. The molecule has 1 aromatic carbocycles. The molecule has 0 saturated carbocycles. The van der Waals surface area contributed by atoms with E-state index in [0.717, 1.165) is 18.6 Å². The third kappa shape index (κ3) is 2.94. The van der Waals surface area contributed by atoms with Crippen molar-refractivity contribution in [3.8, 4) is 5.75 Å². The van der Waals surface area contributed by atoms with Gasteiger partial charge in [0.15, 0.2) is 0 Å². The van der Waals surface area contributed by atoms with Crippen LogP contribution in [0.5, 0.6) is 5.75 Å². The summed E-state index contributed by atoms with van der Waals surface area (Å²) in [5, 5.41) is 9.71. The number of benzene rings is 1. The summed E-state index contributed by atoms with van der Waals surface area (Å²) in [5.74, 6) is 0.743. The maximum absolute atomic E-state index is 9.71. The van der Waals surface area contributed by atoms with Crippen LogP contribution in [-0.2, 0) is 4.74 Å². The average molecular weight is 262 g/mol. The van der Waals surface area contributed by atoms with E-state index in [1.54, 1.807) is 6.07 Å². The molecule has 1 aromatic rings. The van der Waals surface area contributed by atoms with E-state index in [1.165, 1.54) is 0 Å². The number of aromatic hydroxyl groups is 1. The molecule has 0 radical (unpaired) electrons. The number of rotatable bonds is 1. The Hall–Kier alpha value is -1.02. The quantitative estimate of drug-likeness (QED) is 0.805. The highest BCUT2D eigenvalue weighted by molar-refractivity contribution is 5.30. The van der Waals surface area contributed by atoms with E-state index in [1.807, 2.05) is 12.1 Å². The van der Waals surface area contributed by atoms with Gasteiger partial charge in [0.05, 0.1) is 6.10 Å². The standard InChI is InChI=1S/C17H26O2/c1-16(2,3)15-14(19-10-9-17(15,4)5)12-7-6-8-13(18)11-12/h6-8,11,14-15,18H,9-10H2,1-5H3. The van der Waals surface area contributed by atoms with Crippen LogP contribution in [-0.4, -0.2) is 11.7 Å². The van der Waals surface area contributed by atoms with Crippen molar-refractivity contribution in [2.24, 2.45) is 16.7 Å². The molecule has 2 nitrogen and oxygen atoms in total. The normalized spacial score (nSPS) is 27.2. The van der Waals surface area contributed by atoms with Crippen molar-refractivity contribution in [3.63, 3.8) is 0 Å². The lowest BCUT2D eigenvalue weighted by atomic mass is 9.60. The van der Waals surface area contributed by atoms with Crippen LogP contribution in [0.2, 0.25) is 0 Å². The first-order valence-electron chi connectivity index (χ1n) is 7.12. The minimum absolute atomic E-state index is 0.0656. The fraction of sp³-hybridized carbons (Fsp3) is 0.647. The van der Waals surface area contributed by atoms with Crippen LogP contribution < -0.4 is 0 Å². The molecule has 2 rings (SSSR count). The van der Waals surface area contributed by atoms with E-state index in [2.05, 4.69) is 40.7 Å². The lowest BCUT2D eigenvalue weighted by molar-refractivity contribution is -0.131. The molecule has 106 valence electrons. The molecular weight excluding hydrogens is 236 g/mol. The van der Waals surface area contributed by atoms with Crippen molar-refractivity contribution in [1.29, 1.82) is 0 Å². The van der Waals surface area contributed by atoms with Crippen molar-refractivity contribution < 1.29 is 9.84 Å². The fourth-order valence-corrected chi connectivity index (χ4v) is 3.73. The highest BCUT2D eigenvalue weighted by atomic mass is 16.5. The summed E-state index contributed by atoms with van der Waals surface area (Å²) in [6.07, 6.45) is 1.15. The lowest BCUT2D eigenvalue weighted by Gasteiger charge is -2.50. The van der Waals surface area contributed by atoms with Gasteiger partial charge in [0.1, 0.15) is 5.75 Å². The van der Waals surface area contributed by atoms with Crippen molar-refractivity contribution in [1.82, 2.24) is 0 Å². The molecule has 1 fully saturated rings. The van der Waals surface area contributed by atoms with Gasteiger partial charge in [0.2, 0.25) is 0 Å². The Kier molecular flexibility index (Phi) is 3.65. The minimum atomic E-state index is 0.0656. The second-order valence-corrected chi connectivity index (χ2v) is 7.47.